The van der Waals surface area contributed by atoms with Crippen LogP contribution in [0.3, 0.4) is 0 Å². The van der Waals surface area contributed by atoms with Gasteiger partial charge in [-0.15, -0.1) is 0 Å². The highest BCUT2D eigenvalue weighted by Gasteiger charge is 2.42. The van der Waals surface area contributed by atoms with E-state index in [0.29, 0.717) is 16.3 Å². The van der Waals surface area contributed by atoms with Crippen LogP contribution in [0.4, 0.5) is 0 Å². The monoisotopic (exact) mass is 409 g/mol. The number of piperazine rings is 1. The number of hydrogen-bond donors (Lipinski definition) is 0. The molecule has 2 amide bonds. The van der Waals surface area contributed by atoms with Crippen molar-refractivity contribution in [3.8, 4) is 0 Å². The fourth-order valence-electron chi connectivity index (χ4n) is 3.93. The van der Waals surface area contributed by atoms with Gasteiger partial charge in [0.05, 0.1) is 12.1 Å². The largest absolute Gasteiger partial charge is 0.364 e. The van der Waals surface area contributed by atoms with E-state index >= 15 is 0 Å². The van der Waals surface area contributed by atoms with Gasteiger partial charge in [-0.25, -0.2) is 0 Å². The quantitative estimate of drug-likeness (QED) is 0.711. The third-order valence-corrected chi connectivity index (χ3v) is 5.85. The van der Waals surface area contributed by atoms with Crippen LogP contribution in [0.25, 0.3) is 5.57 Å². The summed E-state index contributed by atoms with van der Waals surface area (Å²) in [6, 6.07) is 16.8. The maximum absolute atomic E-state index is 13.4. The molecule has 6 heteroatoms. The molecule has 5 nitrogen and oxygen atoms in total. The Hall–Kier alpha value is -2.63. The molecule has 2 aromatic carbocycles. The van der Waals surface area contributed by atoms with Gasteiger partial charge in [-0.2, -0.15) is 0 Å². The zero-order valence-corrected chi connectivity index (χ0v) is 17.2. The van der Waals surface area contributed by atoms with Gasteiger partial charge in [0.15, 0.2) is 0 Å². The predicted octanol–water partition coefficient (Wildman–Crippen LogP) is 3.26. The van der Waals surface area contributed by atoms with Crippen LogP contribution in [0.5, 0.6) is 0 Å². The van der Waals surface area contributed by atoms with Crippen LogP contribution in [0, 0.1) is 0 Å². The summed E-state index contributed by atoms with van der Waals surface area (Å²) in [5, 5.41) is 0.630. The molecule has 1 fully saturated rings. The molecule has 150 valence electrons. The van der Waals surface area contributed by atoms with Gasteiger partial charge in [0.1, 0.15) is 5.70 Å². The maximum atomic E-state index is 13.4. The van der Waals surface area contributed by atoms with E-state index in [-0.39, 0.29) is 18.4 Å². The van der Waals surface area contributed by atoms with Crippen molar-refractivity contribution in [1.29, 1.82) is 0 Å². The molecule has 4 rings (SSSR count). The van der Waals surface area contributed by atoms with Crippen molar-refractivity contribution < 1.29 is 9.59 Å². The van der Waals surface area contributed by atoms with E-state index in [2.05, 4.69) is 16.7 Å². The molecule has 2 aliphatic heterocycles. The van der Waals surface area contributed by atoms with Gasteiger partial charge in [-0.1, -0.05) is 61.0 Å². The molecule has 2 heterocycles. The molecule has 0 atom stereocenters. The van der Waals surface area contributed by atoms with E-state index in [1.165, 1.54) is 4.90 Å². The van der Waals surface area contributed by atoms with E-state index in [1.807, 2.05) is 42.5 Å². The number of rotatable bonds is 5. The first kappa shape index (κ1) is 19.7. The number of carbonyl (C=O) groups is 2. The van der Waals surface area contributed by atoms with Crippen molar-refractivity contribution in [2.75, 3.05) is 32.7 Å². The van der Waals surface area contributed by atoms with Crippen LogP contribution >= 0.6 is 11.6 Å². The zero-order chi connectivity index (χ0) is 20.4. The highest BCUT2D eigenvalue weighted by molar-refractivity contribution is 6.35. The van der Waals surface area contributed by atoms with E-state index in [0.717, 1.165) is 43.9 Å². The van der Waals surface area contributed by atoms with Crippen LogP contribution in [0.1, 0.15) is 18.1 Å². The maximum Gasteiger partial charge on any atom is 0.278 e. The Labute approximate surface area is 176 Å². The number of benzene rings is 2. The third kappa shape index (κ3) is 3.93. The lowest BCUT2D eigenvalue weighted by Crippen LogP contribution is -2.47. The van der Waals surface area contributed by atoms with Crippen LogP contribution in [0.2, 0.25) is 5.02 Å². The Morgan fingerprint density at radius 1 is 0.862 bits per heavy atom. The van der Waals surface area contributed by atoms with Gasteiger partial charge < -0.3 is 9.80 Å². The van der Waals surface area contributed by atoms with Gasteiger partial charge in [-0.05, 0) is 29.8 Å². The molecule has 0 unspecified atom stereocenters. The van der Waals surface area contributed by atoms with Crippen molar-refractivity contribution in [2.45, 2.75) is 13.5 Å². The fraction of sp³-hybridized carbons (Fsp3) is 0.304. The highest BCUT2D eigenvalue weighted by Crippen LogP contribution is 2.33. The van der Waals surface area contributed by atoms with E-state index in [1.54, 1.807) is 12.1 Å². The molecular formula is C23H24ClN3O2. The van der Waals surface area contributed by atoms with Crippen molar-refractivity contribution in [2.24, 2.45) is 0 Å². The average molecular weight is 410 g/mol. The zero-order valence-electron chi connectivity index (χ0n) is 16.5. The Balaban J connectivity index is 1.67. The normalized spacial score (nSPS) is 18.1. The van der Waals surface area contributed by atoms with Gasteiger partial charge in [-0.3, -0.25) is 14.5 Å². The summed E-state index contributed by atoms with van der Waals surface area (Å²) in [4.78, 5) is 32.5. The number of imide groups is 1. The summed E-state index contributed by atoms with van der Waals surface area (Å²) in [7, 11) is 0. The van der Waals surface area contributed by atoms with Gasteiger partial charge in [0, 0.05) is 31.2 Å². The molecule has 1 saturated heterocycles. The molecule has 2 aliphatic rings. The lowest BCUT2D eigenvalue weighted by molar-refractivity contribution is -0.138. The highest BCUT2D eigenvalue weighted by atomic mass is 35.5. The van der Waals surface area contributed by atoms with Crippen LogP contribution in [-0.4, -0.2) is 59.2 Å². The number of hydrogen-bond acceptors (Lipinski definition) is 4. The molecule has 0 spiro atoms. The fourth-order valence-corrected chi connectivity index (χ4v) is 4.05. The number of amides is 2. The van der Waals surface area contributed by atoms with Crippen molar-refractivity contribution in [3.05, 3.63) is 76.4 Å². The molecule has 29 heavy (non-hydrogen) atoms. The standard InChI is InChI=1S/C23H24ClN3O2/c1-2-25-12-14-26(15-13-25)21-20(18-6-4-3-5-7-18)22(28)27(23(21)29)16-17-8-10-19(24)11-9-17/h3-11H,2,12-16H2,1H3. The third-order valence-electron chi connectivity index (χ3n) is 5.60. The summed E-state index contributed by atoms with van der Waals surface area (Å²) in [6.07, 6.45) is 0. The Morgan fingerprint density at radius 2 is 1.52 bits per heavy atom. The first-order valence-electron chi connectivity index (χ1n) is 9.96. The smallest absolute Gasteiger partial charge is 0.278 e. The second-order valence-electron chi connectivity index (χ2n) is 7.33. The number of carbonyl (C=O) groups excluding carboxylic acids is 2. The lowest BCUT2D eigenvalue weighted by Gasteiger charge is -2.36. The Bertz CT molecular complexity index is 932. The summed E-state index contributed by atoms with van der Waals surface area (Å²) in [5.74, 6) is -0.446. The molecule has 0 N–H and O–H groups in total. The lowest BCUT2D eigenvalue weighted by atomic mass is 10.0. The summed E-state index contributed by atoms with van der Waals surface area (Å²) < 4.78 is 0. The minimum absolute atomic E-state index is 0.214. The second kappa shape index (κ2) is 8.39. The predicted molar refractivity (Wildman–Crippen MR) is 114 cm³/mol. The van der Waals surface area contributed by atoms with Gasteiger partial charge in [0.2, 0.25) is 0 Å². The van der Waals surface area contributed by atoms with Gasteiger partial charge in [0.25, 0.3) is 11.8 Å². The minimum atomic E-state index is -0.232. The molecule has 0 bridgehead atoms. The SMILES string of the molecule is CCN1CCN(C2=C(c3ccccc3)C(=O)N(Cc3ccc(Cl)cc3)C2=O)CC1. The first-order chi connectivity index (χ1) is 14.1. The van der Waals surface area contributed by atoms with Crippen molar-refractivity contribution in [1.82, 2.24) is 14.7 Å². The summed E-state index contributed by atoms with van der Waals surface area (Å²) in [6.45, 7) is 6.64. The van der Waals surface area contributed by atoms with Crippen molar-refractivity contribution >= 4 is 29.0 Å². The number of halogens is 1. The first-order valence-corrected chi connectivity index (χ1v) is 10.3. The van der Waals surface area contributed by atoms with E-state index in [4.69, 9.17) is 11.6 Å². The number of nitrogens with zero attached hydrogens (tertiary/aromatic N) is 3. The number of likely N-dealkylation sites (N-methyl/N-ethyl adjacent to an activating group) is 1. The van der Waals surface area contributed by atoms with E-state index < -0.39 is 0 Å². The second-order valence-corrected chi connectivity index (χ2v) is 7.77. The van der Waals surface area contributed by atoms with Crippen LogP contribution in [-0.2, 0) is 16.1 Å². The van der Waals surface area contributed by atoms with E-state index in [9.17, 15) is 9.59 Å². The Kier molecular flexibility index (Phi) is 5.69. The minimum Gasteiger partial charge on any atom is -0.364 e. The van der Waals surface area contributed by atoms with Gasteiger partial charge >= 0.3 is 0 Å². The molecule has 0 radical (unpaired) electrons. The average Bonchev–Trinajstić information content (AvgIpc) is 3.00. The van der Waals surface area contributed by atoms with Crippen LogP contribution in [0.15, 0.2) is 60.3 Å². The molecular weight excluding hydrogens is 386 g/mol. The summed E-state index contributed by atoms with van der Waals surface area (Å²) in [5.41, 5.74) is 2.71. The molecule has 0 aromatic heterocycles. The summed E-state index contributed by atoms with van der Waals surface area (Å²) >= 11 is 5.97. The molecule has 2 aromatic rings. The van der Waals surface area contributed by atoms with Crippen molar-refractivity contribution in [3.63, 3.8) is 0 Å². The Morgan fingerprint density at radius 3 is 2.14 bits per heavy atom. The topological polar surface area (TPSA) is 43.9 Å². The molecule has 0 saturated carbocycles. The van der Waals surface area contributed by atoms with Crippen LogP contribution < -0.4 is 0 Å². The molecule has 0 aliphatic carbocycles.